The van der Waals surface area contributed by atoms with Crippen molar-refractivity contribution < 1.29 is 9.53 Å². The highest BCUT2D eigenvalue weighted by atomic mass is 16.5. The standard InChI is InChI=1S/C19H12O2/c20-19(15-7-3-1-4-8-15)16-11-13-18(14-12-16)21-17-9-5-2-6-10-17/h1-3,5-6,8-14H. The Bertz CT molecular complexity index is 717. The van der Waals surface area contributed by atoms with E-state index in [0.29, 0.717) is 16.9 Å². The second-order valence-electron chi connectivity index (χ2n) is 4.47. The number of carbonyl (C=O) groups is 1. The normalized spacial score (nSPS) is 10.1. The molecule has 3 aromatic rings. The highest BCUT2D eigenvalue weighted by Crippen LogP contribution is 2.21. The first-order valence-corrected chi connectivity index (χ1v) is 6.58. The lowest BCUT2D eigenvalue weighted by Crippen LogP contribution is -2.00. The molecule has 0 atom stereocenters. The summed E-state index contributed by atoms with van der Waals surface area (Å²) in [7, 11) is 0. The molecule has 0 unspecified atom stereocenters. The van der Waals surface area contributed by atoms with Crippen LogP contribution in [0, 0.1) is 12.1 Å². The van der Waals surface area contributed by atoms with Crippen molar-refractivity contribution in [1.29, 1.82) is 0 Å². The Hall–Kier alpha value is -2.87. The molecular weight excluding hydrogens is 260 g/mol. The molecule has 2 heteroatoms. The fraction of sp³-hybridized carbons (Fsp3) is 0. The van der Waals surface area contributed by atoms with E-state index >= 15 is 0 Å². The van der Waals surface area contributed by atoms with E-state index in [1.807, 2.05) is 30.3 Å². The van der Waals surface area contributed by atoms with Crippen LogP contribution < -0.4 is 4.74 Å². The van der Waals surface area contributed by atoms with Crippen molar-refractivity contribution in [3.8, 4) is 11.5 Å². The van der Waals surface area contributed by atoms with Crippen LogP contribution in [0.1, 0.15) is 15.9 Å². The minimum Gasteiger partial charge on any atom is -0.457 e. The number of ketones is 1. The van der Waals surface area contributed by atoms with Crippen LogP contribution in [0.4, 0.5) is 0 Å². The van der Waals surface area contributed by atoms with E-state index < -0.39 is 0 Å². The molecule has 0 aliphatic carbocycles. The van der Waals surface area contributed by atoms with Crippen LogP contribution in [-0.4, -0.2) is 5.78 Å². The summed E-state index contributed by atoms with van der Waals surface area (Å²) in [6.45, 7) is 0. The van der Waals surface area contributed by atoms with Gasteiger partial charge in [0.15, 0.2) is 5.78 Å². The van der Waals surface area contributed by atoms with Crippen LogP contribution in [0.5, 0.6) is 11.5 Å². The van der Waals surface area contributed by atoms with Crippen LogP contribution in [0.15, 0.2) is 72.8 Å². The summed E-state index contributed by atoms with van der Waals surface area (Å²) in [4.78, 5) is 12.2. The van der Waals surface area contributed by atoms with E-state index in [2.05, 4.69) is 12.1 Å². The maximum absolute atomic E-state index is 12.2. The topological polar surface area (TPSA) is 26.3 Å². The fourth-order valence-corrected chi connectivity index (χ4v) is 1.94. The third-order valence-corrected chi connectivity index (χ3v) is 2.99. The maximum Gasteiger partial charge on any atom is 0.193 e. The first-order valence-electron chi connectivity index (χ1n) is 6.58. The van der Waals surface area contributed by atoms with Gasteiger partial charge in [-0.15, -0.1) is 0 Å². The third kappa shape index (κ3) is 3.18. The lowest BCUT2D eigenvalue weighted by Gasteiger charge is -2.06. The van der Waals surface area contributed by atoms with Gasteiger partial charge >= 0.3 is 0 Å². The molecule has 21 heavy (non-hydrogen) atoms. The average Bonchev–Trinajstić information content (AvgIpc) is 2.57. The third-order valence-electron chi connectivity index (χ3n) is 2.99. The zero-order valence-corrected chi connectivity index (χ0v) is 11.2. The summed E-state index contributed by atoms with van der Waals surface area (Å²) >= 11 is 0. The van der Waals surface area contributed by atoms with E-state index in [1.54, 1.807) is 42.5 Å². The Morgan fingerprint density at radius 3 is 2.24 bits per heavy atom. The zero-order chi connectivity index (χ0) is 14.5. The molecule has 3 aromatic carbocycles. The largest absolute Gasteiger partial charge is 0.457 e. The highest BCUT2D eigenvalue weighted by Gasteiger charge is 2.08. The molecule has 0 aromatic heterocycles. The van der Waals surface area contributed by atoms with Crippen molar-refractivity contribution in [2.75, 3.05) is 0 Å². The zero-order valence-electron chi connectivity index (χ0n) is 11.2. The van der Waals surface area contributed by atoms with E-state index in [-0.39, 0.29) is 5.78 Å². The van der Waals surface area contributed by atoms with Gasteiger partial charge in [-0.1, -0.05) is 30.3 Å². The molecule has 0 fully saturated rings. The molecule has 2 radical (unpaired) electrons. The maximum atomic E-state index is 12.2. The molecule has 0 amide bonds. The SMILES string of the molecule is O=C(c1[c]cc[c]c1)c1ccc(Oc2ccccc2)cc1. The number of hydrogen-bond donors (Lipinski definition) is 0. The van der Waals surface area contributed by atoms with Gasteiger partial charge in [0.1, 0.15) is 11.5 Å². The summed E-state index contributed by atoms with van der Waals surface area (Å²) in [6, 6.07) is 27.4. The van der Waals surface area contributed by atoms with Gasteiger partial charge in [-0.25, -0.2) is 0 Å². The molecule has 0 saturated heterocycles. The van der Waals surface area contributed by atoms with E-state index in [1.165, 1.54) is 0 Å². The van der Waals surface area contributed by atoms with Gasteiger partial charge < -0.3 is 4.74 Å². The predicted octanol–water partition coefficient (Wildman–Crippen LogP) is 4.31. The van der Waals surface area contributed by atoms with Gasteiger partial charge in [0.05, 0.1) is 0 Å². The number of ether oxygens (including phenoxy) is 1. The first kappa shape index (κ1) is 13.1. The number of benzene rings is 3. The van der Waals surface area contributed by atoms with E-state index in [0.717, 1.165) is 5.75 Å². The number of para-hydroxylation sites is 1. The smallest absolute Gasteiger partial charge is 0.193 e. The van der Waals surface area contributed by atoms with Crippen LogP contribution in [-0.2, 0) is 0 Å². The van der Waals surface area contributed by atoms with Crippen molar-refractivity contribution in [2.45, 2.75) is 0 Å². The molecule has 2 nitrogen and oxygen atoms in total. The average molecular weight is 272 g/mol. The van der Waals surface area contributed by atoms with Gasteiger partial charge in [0, 0.05) is 11.1 Å². The molecule has 3 rings (SSSR count). The van der Waals surface area contributed by atoms with Crippen LogP contribution in [0.25, 0.3) is 0 Å². The molecular formula is C19H12O2. The van der Waals surface area contributed by atoms with Crippen LogP contribution >= 0.6 is 0 Å². The Balaban J connectivity index is 1.77. The van der Waals surface area contributed by atoms with Crippen molar-refractivity contribution in [3.63, 3.8) is 0 Å². The highest BCUT2D eigenvalue weighted by molar-refractivity contribution is 6.08. The molecule has 0 N–H and O–H groups in total. The van der Waals surface area contributed by atoms with Gasteiger partial charge in [0.2, 0.25) is 0 Å². The van der Waals surface area contributed by atoms with Crippen molar-refractivity contribution in [2.24, 2.45) is 0 Å². The Morgan fingerprint density at radius 2 is 1.57 bits per heavy atom. The molecule has 0 bridgehead atoms. The fourth-order valence-electron chi connectivity index (χ4n) is 1.94. The summed E-state index contributed by atoms with van der Waals surface area (Å²) < 4.78 is 5.69. The molecule has 0 aliphatic rings. The van der Waals surface area contributed by atoms with Crippen LogP contribution in [0.3, 0.4) is 0 Å². The minimum atomic E-state index is -0.0712. The quantitative estimate of drug-likeness (QED) is 0.661. The lowest BCUT2D eigenvalue weighted by atomic mass is 10.0. The Kier molecular flexibility index (Phi) is 3.79. The second-order valence-corrected chi connectivity index (χ2v) is 4.47. The minimum absolute atomic E-state index is 0.0712. The summed E-state index contributed by atoms with van der Waals surface area (Å²) in [5, 5.41) is 0. The molecule has 100 valence electrons. The number of hydrogen-bond acceptors (Lipinski definition) is 2. The first-order chi connectivity index (χ1) is 10.3. The van der Waals surface area contributed by atoms with Gasteiger partial charge in [-0.3, -0.25) is 4.79 Å². The van der Waals surface area contributed by atoms with Gasteiger partial charge in [-0.05, 0) is 54.6 Å². The lowest BCUT2D eigenvalue weighted by molar-refractivity contribution is 0.103. The summed E-state index contributed by atoms with van der Waals surface area (Å²) in [5.41, 5.74) is 1.11. The van der Waals surface area contributed by atoms with Gasteiger partial charge in [-0.2, -0.15) is 0 Å². The summed E-state index contributed by atoms with van der Waals surface area (Å²) in [5.74, 6) is 1.39. The molecule has 0 spiro atoms. The monoisotopic (exact) mass is 272 g/mol. The number of rotatable bonds is 4. The summed E-state index contributed by atoms with van der Waals surface area (Å²) in [6.07, 6.45) is 0. The Morgan fingerprint density at radius 1 is 0.857 bits per heavy atom. The molecule has 0 heterocycles. The Labute approximate surface area is 123 Å². The molecule has 0 aliphatic heterocycles. The van der Waals surface area contributed by atoms with Crippen molar-refractivity contribution in [1.82, 2.24) is 0 Å². The number of carbonyl (C=O) groups excluding carboxylic acids is 1. The van der Waals surface area contributed by atoms with Crippen molar-refractivity contribution >= 4 is 5.78 Å². The molecule has 0 saturated carbocycles. The van der Waals surface area contributed by atoms with Gasteiger partial charge in [0.25, 0.3) is 0 Å². The second kappa shape index (κ2) is 6.06. The van der Waals surface area contributed by atoms with E-state index in [9.17, 15) is 4.79 Å². The van der Waals surface area contributed by atoms with Crippen LogP contribution in [0.2, 0.25) is 0 Å². The van der Waals surface area contributed by atoms with Crippen molar-refractivity contribution in [3.05, 3.63) is 96.1 Å². The predicted molar refractivity (Wildman–Crippen MR) is 80.5 cm³/mol. The van der Waals surface area contributed by atoms with E-state index in [4.69, 9.17) is 4.74 Å².